The Hall–Kier alpha value is -1.89. The zero-order valence-electron chi connectivity index (χ0n) is 12.8. The van der Waals surface area contributed by atoms with Crippen LogP contribution in [0.15, 0.2) is 0 Å². The molecule has 0 radical (unpaired) electrons. The maximum Gasteiger partial charge on any atom is 0.236 e. The Bertz CT molecular complexity index is 494. The molecule has 0 unspecified atom stereocenters. The van der Waals surface area contributed by atoms with Crippen LogP contribution >= 0.6 is 0 Å². The van der Waals surface area contributed by atoms with Gasteiger partial charge in [0, 0.05) is 17.5 Å². The third kappa shape index (κ3) is 3.57. The van der Waals surface area contributed by atoms with Crippen molar-refractivity contribution in [2.45, 2.75) is 40.0 Å². The molecule has 1 amide bonds. The number of nitrogens with one attached hydrogen (secondary N) is 1. The number of nitrogens with two attached hydrogens (primary N) is 2. The van der Waals surface area contributed by atoms with E-state index in [1.165, 1.54) is 0 Å². The first-order chi connectivity index (χ1) is 9.20. The van der Waals surface area contributed by atoms with Gasteiger partial charge in [0.25, 0.3) is 0 Å². The molecule has 7 nitrogen and oxygen atoms in total. The van der Waals surface area contributed by atoms with Gasteiger partial charge in [-0.2, -0.15) is 0 Å². The highest BCUT2D eigenvalue weighted by atomic mass is 16.1. The maximum absolute atomic E-state index is 11.2. The summed E-state index contributed by atoms with van der Waals surface area (Å²) in [5.41, 5.74) is 8.45. The van der Waals surface area contributed by atoms with E-state index in [2.05, 4.69) is 15.4 Å². The predicted octanol–water partition coefficient (Wildman–Crippen LogP) is 0.680. The van der Waals surface area contributed by atoms with E-state index in [-0.39, 0.29) is 12.0 Å². The Morgan fingerprint density at radius 3 is 2.35 bits per heavy atom. The number of hydrogen-bond acceptors (Lipinski definition) is 6. The highest BCUT2D eigenvalue weighted by Gasteiger charge is 2.23. The fourth-order valence-electron chi connectivity index (χ4n) is 1.81. The molecule has 5 N–H and O–H groups in total. The average molecular weight is 280 g/mol. The molecule has 0 saturated heterocycles. The van der Waals surface area contributed by atoms with Crippen molar-refractivity contribution in [3.05, 3.63) is 11.4 Å². The first kappa shape index (κ1) is 16.2. The van der Waals surface area contributed by atoms with E-state index in [1.807, 2.05) is 39.5 Å². The van der Waals surface area contributed by atoms with Gasteiger partial charge in [-0.25, -0.2) is 15.8 Å². The van der Waals surface area contributed by atoms with Gasteiger partial charge in [-0.3, -0.25) is 4.79 Å². The largest absolute Gasteiger partial charge is 0.368 e. The zero-order chi connectivity index (χ0) is 15.5. The number of nitrogens with zero attached hydrogens (tertiary/aromatic N) is 3. The Kier molecular flexibility index (Phi) is 4.88. The minimum Gasteiger partial charge on any atom is -0.368 e. The number of aromatic nitrogens is 2. The minimum absolute atomic E-state index is 0.113. The van der Waals surface area contributed by atoms with Crippen LogP contribution in [0.2, 0.25) is 0 Å². The van der Waals surface area contributed by atoms with Gasteiger partial charge in [-0.05, 0) is 13.8 Å². The molecule has 112 valence electrons. The summed E-state index contributed by atoms with van der Waals surface area (Å²) < 4.78 is 0. The predicted molar refractivity (Wildman–Crippen MR) is 80.4 cm³/mol. The van der Waals surface area contributed by atoms with E-state index < -0.39 is 5.91 Å². The third-order valence-electron chi connectivity index (χ3n) is 2.96. The van der Waals surface area contributed by atoms with E-state index in [0.29, 0.717) is 24.0 Å². The summed E-state index contributed by atoms with van der Waals surface area (Å²) in [4.78, 5) is 22.0. The highest BCUT2D eigenvalue weighted by molar-refractivity contribution is 5.79. The molecule has 1 aromatic rings. The molecule has 1 heterocycles. The van der Waals surface area contributed by atoms with Crippen LogP contribution in [0.5, 0.6) is 0 Å². The molecule has 1 aromatic heterocycles. The van der Waals surface area contributed by atoms with Gasteiger partial charge in [0.1, 0.15) is 17.5 Å². The van der Waals surface area contributed by atoms with Gasteiger partial charge in [0.05, 0.1) is 6.54 Å². The second kappa shape index (κ2) is 6.04. The second-order valence-electron chi connectivity index (χ2n) is 5.72. The first-order valence-corrected chi connectivity index (χ1v) is 6.59. The Morgan fingerprint density at radius 1 is 1.35 bits per heavy atom. The van der Waals surface area contributed by atoms with Gasteiger partial charge >= 0.3 is 0 Å². The summed E-state index contributed by atoms with van der Waals surface area (Å²) in [5, 5.41) is 0. The number of likely N-dealkylation sites (N-methyl/N-ethyl adjacent to an activating group) is 1. The average Bonchev–Trinajstić information content (AvgIpc) is 2.34. The summed E-state index contributed by atoms with van der Waals surface area (Å²) >= 11 is 0. The smallest absolute Gasteiger partial charge is 0.236 e. The lowest BCUT2D eigenvalue weighted by Crippen LogP contribution is -2.35. The van der Waals surface area contributed by atoms with E-state index in [4.69, 9.17) is 11.6 Å². The number of anilines is 2. The second-order valence-corrected chi connectivity index (χ2v) is 5.72. The molecule has 0 spiro atoms. The van der Waals surface area contributed by atoms with E-state index in [1.54, 1.807) is 0 Å². The van der Waals surface area contributed by atoms with Crippen molar-refractivity contribution in [2.75, 3.05) is 23.4 Å². The summed E-state index contributed by atoms with van der Waals surface area (Å²) in [6.07, 6.45) is 0. The number of rotatable bonds is 5. The Balaban J connectivity index is 3.39. The number of hydrazine groups is 1. The number of carbonyl (C=O) groups excluding carboxylic acids is 1. The molecule has 0 atom stereocenters. The van der Waals surface area contributed by atoms with Crippen molar-refractivity contribution in [2.24, 2.45) is 11.6 Å². The lowest BCUT2D eigenvalue weighted by molar-refractivity contribution is -0.116. The van der Waals surface area contributed by atoms with Gasteiger partial charge < -0.3 is 16.1 Å². The molecule has 0 aliphatic heterocycles. The fourth-order valence-corrected chi connectivity index (χ4v) is 1.81. The number of nitrogen functional groups attached to an aromatic ring is 1. The molecule has 0 aromatic carbocycles. The standard InChI is InChI=1S/C13H24N6O/c1-6-19(7-9(14)20)11-8(2)10(18-15)16-12(17-11)13(3,4)5/h6-7,15H2,1-5H3,(H2,14,20)(H,16,17,18). The molecule has 0 fully saturated rings. The van der Waals surface area contributed by atoms with Gasteiger partial charge in [0.2, 0.25) is 5.91 Å². The van der Waals surface area contributed by atoms with E-state index >= 15 is 0 Å². The topological polar surface area (TPSA) is 110 Å². The van der Waals surface area contributed by atoms with Crippen LogP contribution in [-0.2, 0) is 10.2 Å². The van der Waals surface area contributed by atoms with Crippen LogP contribution in [-0.4, -0.2) is 29.0 Å². The van der Waals surface area contributed by atoms with Crippen molar-refractivity contribution in [1.82, 2.24) is 9.97 Å². The van der Waals surface area contributed by atoms with Crippen molar-refractivity contribution in [1.29, 1.82) is 0 Å². The summed E-state index contributed by atoms with van der Waals surface area (Å²) in [6.45, 7) is 10.6. The molecule has 0 bridgehead atoms. The lowest BCUT2D eigenvalue weighted by atomic mass is 9.95. The Morgan fingerprint density at radius 2 is 1.95 bits per heavy atom. The number of hydrogen-bond donors (Lipinski definition) is 3. The molecule has 7 heteroatoms. The molecule has 20 heavy (non-hydrogen) atoms. The fraction of sp³-hybridized carbons (Fsp3) is 0.615. The van der Waals surface area contributed by atoms with Crippen molar-refractivity contribution < 1.29 is 4.79 Å². The molecule has 1 rings (SSSR count). The van der Waals surface area contributed by atoms with Crippen LogP contribution < -0.4 is 21.9 Å². The summed E-state index contributed by atoms with van der Waals surface area (Å²) in [5.74, 6) is 7.02. The van der Waals surface area contributed by atoms with Crippen molar-refractivity contribution in [3.63, 3.8) is 0 Å². The summed E-state index contributed by atoms with van der Waals surface area (Å²) in [6, 6.07) is 0. The number of amides is 1. The van der Waals surface area contributed by atoms with Crippen LogP contribution in [0, 0.1) is 6.92 Å². The Labute approximate surface area is 119 Å². The van der Waals surface area contributed by atoms with Gasteiger partial charge in [-0.1, -0.05) is 20.8 Å². The van der Waals surface area contributed by atoms with Crippen LogP contribution in [0.1, 0.15) is 39.1 Å². The zero-order valence-corrected chi connectivity index (χ0v) is 12.8. The normalized spacial score (nSPS) is 11.3. The third-order valence-corrected chi connectivity index (χ3v) is 2.96. The summed E-state index contributed by atoms with van der Waals surface area (Å²) in [7, 11) is 0. The molecule has 0 aliphatic carbocycles. The van der Waals surface area contributed by atoms with Crippen LogP contribution in [0.4, 0.5) is 11.6 Å². The SMILES string of the molecule is CCN(CC(N)=O)c1nc(C(C)(C)C)nc(NN)c1C. The van der Waals surface area contributed by atoms with Gasteiger partial charge in [-0.15, -0.1) is 0 Å². The molecular weight excluding hydrogens is 256 g/mol. The van der Waals surface area contributed by atoms with Crippen LogP contribution in [0.3, 0.4) is 0 Å². The number of primary amides is 1. The minimum atomic E-state index is -0.399. The molecular formula is C13H24N6O. The monoisotopic (exact) mass is 280 g/mol. The highest BCUT2D eigenvalue weighted by Crippen LogP contribution is 2.27. The van der Waals surface area contributed by atoms with Crippen LogP contribution in [0.25, 0.3) is 0 Å². The quantitative estimate of drug-likeness (QED) is 0.540. The maximum atomic E-state index is 11.2. The van der Waals surface area contributed by atoms with Crippen molar-refractivity contribution in [3.8, 4) is 0 Å². The van der Waals surface area contributed by atoms with Crippen molar-refractivity contribution >= 4 is 17.5 Å². The first-order valence-electron chi connectivity index (χ1n) is 6.59. The lowest BCUT2D eigenvalue weighted by Gasteiger charge is -2.26. The van der Waals surface area contributed by atoms with E-state index in [9.17, 15) is 4.79 Å². The molecule has 0 aliphatic rings. The van der Waals surface area contributed by atoms with E-state index in [0.717, 1.165) is 5.56 Å². The number of carbonyl (C=O) groups is 1. The van der Waals surface area contributed by atoms with Gasteiger partial charge in [0.15, 0.2) is 0 Å². The molecule has 0 saturated carbocycles.